The average Bonchev–Trinajstić information content (AvgIpc) is 3.38. The predicted octanol–water partition coefficient (Wildman–Crippen LogP) is 2.15. The Kier molecular flexibility index (Phi) is 3.70. The Bertz CT molecular complexity index is 669. The van der Waals surface area contributed by atoms with E-state index in [1.165, 1.54) is 18.2 Å². The van der Waals surface area contributed by atoms with Crippen LogP contribution in [0.4, 0.5) is 4.39 Å². The van der Waals surface area contributed by atoms with Gasteiger partial charge in [0, 0.05) is 31.6 Å². The Labute approximate surface area is 140 Å². The number of likely N-dealkylation sites (tertiary alicyclic amines) is 2. The Morgan fingerprint density at radius 1 is 1.21 bits per heavy atom. The molecule has 0 radical (unpaired) electrons. The van der Waals surface area contributed by atoms with Gasteiger partial charge in [0.05, 0.1) is 0 Å². The molecule has 0 bridgehead atoms. The van der Waals surface area contributed by atoms with Crippen molar-refractivity contribution in [2.75, 3.05) is 13.1 Å². The van der Waals surface area contributed by atoms with E-state index in [-0.39, 0.29) is 29.2 Å². The summed E-state index contributed by atoms with van der Waals surface area (Å²) >= 11 is 0. The summed E-state index contributed by atoms with van der Waals surface area (Å²) in [6.45, 7) is 1.01. The second-order valence-corrected chi connectivity index (χ2v) is 7.07. The molecule has 1 aromatic rings. The zero-order chi connectivity index (χ0) is 16.8. The molecule has 5 nitrogen and oxygen atoms in total. The summed E-state index contributed by atoms with van der Waals surface area (Å²) in [6.07, 6.45) is 4.21. The van der Waals surface area contributed by atoms with E-state index in [1.807, 2.05) is 0 Å². The van der Waals surface area contributed by atoms with Crippen LogP contribution in [0.15, 0.2) is 18.2 Å². The molecule has 0 aromatic heterocycles. The third kappa shape index (κ3) is 2.54. The van der Waals surface area contributed by atoms with Crippen molar-refractivity contribution in [3.05, 3.63) is 29.6 Å². The van der Waals surface area contributed by atoms with E-state index >= 15 is 0 Å². The van der Waals surface area contributed by atoms with Crippen LogP contribution in [0.2, 0.25) is 0 Å². The number of phenolic OH excluding ortho intramolecular Hbond substituents is 1. The average molecular weight is 332 g/mol. The van der Waals surface area contributed by atoms with Crippen molar-refractivity contribution in [1.29, 1.82) is 0 Å². The summed E-state index contributed by atoms with van der Waals surface area (Å²) in [5, 5.41) is 9.84. The second kappa shape index (κ2) is 5.76. The van der Waals surface area contributed by atoms with Gasteiger partial charge < -0.3 is 14.9 Å². The molecule has 6 heteroatoms. The predicted molar refractivity (Wildman–Crippen MR) is 85.0 cm³/mol. The van der Waals surface area contributed by atoms with Crippen LogP contribution in [0, 0.1) is 11.7 Å². The van der Waals surface area contributed by atoms with Crippen molar-refractivity contribution >= 4 is 11.8 Å². The number of nitrogens with zero attached hydrogens (tertiary/aromatic N) is 2. The number of halogens is 1. The van der Waals surface area contributed by atoms with Crippen LogP contribution >= 0.6 is 0 Å². The van der Waals surface area contributed by atoms with Gasteiger partial charge in [-0.05, 0) is 43.7 Å². The number of aromatic hydroxyl groups is 1. The fraction of sp³-hybridized carbons (Fsp3) is 0.556. The number of hydrogen-bond acceptors (Lipinski definition) is 3. The number of carbonyl (C=O) groups is 2. The van der Waals surface area contributed by atoms with Gasteiger partial charge in [-0.3, -0.25) is 9.59 Å². The molecule has 1 aromatic carbocycles. The number of carbonyl (C=O) groups excluding carboxylic acids is 2. The molecule has 0 spiro atoms. The topological polar surface area (TPSA) is 60.9 Å². The molecule has 0 unspecified atom stereocenters. The zero-order valence-electron chi connectivity index (χ0n) is 13.4. The van der Waals surface area contributed by atoms with E-state index in [1.54, 1.807) is 4.90 Å². The minimum absolute atomic E-state index is 0.206. The van der Waals surface area contributed by atoms with Crippen molar-refractivity contribution in [2.24, 2.45) is 5.92 Å². The molecule has 2 aliphatic heterocycles. The van der Waals surface area contributed by atoms with Gasteiger partial charge in [-0.15, -0.1) is 0 Å². The van der Waals surface area contributed by atoms with Crippen molar-refractivity contribution in [3.8, 4) is 5.75 Å². The van der Waals surface area contributed by atoms with Crippen molar-refractivity contribution in [2.45, 2.75) is 44.2 Å². The van der Waals surface area contributed by atoms with Gasteiger partial charge in [0.25, 0.3) is 5.91 Å². The summed E-state index contributed by atoms with van der Waals surface area (Å²) in [5.41, 5.74) is -0.248. The van der Waals surface area contributed by atoms with E-state index in [0.29, 0.717) is 25.6 Å². The molecule has 1 saturated carbocycles. The highest BCUT2D eigenvalue weighted by atomic mass is 19.1. The van der Waals surface area contributed by atoms with E-state index in [2.05, 4.69) is 4.90 Å². The molecule has 2 saturated heterocycles. The molecule has 2 amide bonds. The number of rotatable bonds is 2. The van der Waals surface area contributed by atoms with E-state index in [4.69, 9.17) is 0 Å². The van der Waals surface area contributed by atoms with E-state index < -0.39 is 11.7 Å². The monoisotopic (exact) mass is 332 g/mol. The molecule has 2 atom stereocenters. The van der Waals surface area contributed by atoms with Crippen molar-refractivity contribution in [3.63, 3.8) is 0 Å². The first-order valence-electron chi connectivity index (χ1n) is 8.64. The van der Waals surface area contributed by atoms with Crippen LogP contribution in [-0.2, 0) is 4.79 Å². The number of piperidine rings is 2. The first kappa shape index (κ1) is 15.4. The lowest BCUT2D eigenvalue weighted by atomic mass is 9.83. The van der Waals surface area contributed by atoms with Crippen LogP contribution in [-0.4, -0.2) is 51.9 Å². The summed E-state index contributed by atoms with van der Waals surface area (Å²) in [4.78, 5) is 28.6. The minimum Gasteiger partial charge on any atom is -0.507 e. The molecule has 128 valence electrons. The van der Waals surface area contributed by atoms with Gasteiger partial charge in [0.2, 0.25) is 5.91 Å². The standard InChI is InChI=1S/C18H21FN2O3/c19-13-2-1-3-15(22)17(13)18(24)20-9-8-14-11(10-20)4-7-16(23)21(14)12-5-6-12/h1-3,11-12,14,22H,4-10H2/t11-,14+/m1/s1. The normalized spacial score (nSPS) is 27.1. The zero-order valence-corrected chi connectivity index (χ0v) is 13.4. The summed E-state index contributed by atoms with van der Waals surface area (Å²) in [7, 11) is 0. The number of amides is 2. The number of fused-ring (bicyclic) bond motifs is 1. The molecule has 2 heterocycles. The Morgan fingerprint density at radius 3 is 2.71 bits per heavy atom. The van der Waals surface area contributed by atoms with Crippen LogP contribution in [0.5, 0.6) is 5.75 Å². The summed E-state index contributed by atoms with van der Waals surface area (Å²) < 4.78 is 14.0. The minimum atomic E-state index is -0.694. The number of benzene rings is 1. The SMILES string of the molecule is O=C(c1c(O)cccc1F)N1CC[C@H]2[C@H](CCC(=O)N2C2CC2)C1. The van der Waals surface area contributed by atoms with Crippen molar-refractivity contribution in [1.82, 2.24) is 9.80 Å². The molecule has 24 heavy (non-hydrogen) atoms. The highest BCUT2D eigenvalue weighted by molar-refractivity contribution is 5.97. The highest BCUT2D eigenvalue weighted by Crippen LogP contribution is 2.39. The largest absolute Gasteiger partial charge is 0.507 e. The lowest BCUT2D eigenvalue weighted by Gasteiger charge is -2.47. The maximum Gasteiger partial charge on any atom is 0.260 e. The molecular weight excluding hydrogens is 311 g/mol. The maximum atomic E-state index is 14.0. The van der Waals surface area contributed by atoms with Gasteiger partial charge in [-0.2, -0.15) is 0 Å². The first-order valence-corrected chi connectivity index (χ1v) is 8.64. The van der Waals surface area contributed by atoms with Gasteiger partial charge in [0.15, 0.2) is 0 Å². The highest BCUT2D eigenvalue weighted by Gasteiger charge is 2.46. The van der Waals surface area contributed by atoms with Gasteiger partial charge in [-0.1, -0.05) is 6.07 Å². The summed E-state index contributed by atoms with van der Waals surface area (Å²) in [5.74, 6) is -0.986. The third-order valence-electron chi connectivity index (χ3n) is 5.50. The van der Waals surface area contributed by atoms with E-state index in [0.717, 1.165) is 25.7 Å². The van der Waals surface area contributed by atoms with Gasteiger partial charge in [0.1, 0.15) is 17.1 Å². The maximum absolute atomic E-state index is 14.0. The molecule has 1 N–H and O–H groups in total. The lowest BCUT2D eigenvalue weighted by molar-refractivity contribution is -0.141. The quantitative estimate of drug-likeness (QED) is 0.903. The third-order valence-corrected chi connectivity index (χ3v) is 5.50. The van der Waals surface area contributed by atoms with Crippen LogP contribution in [0.3, 0.4) is 0 Å². The number of phenols is 1. The van der Waals surface area contributed by atoms with Gasteiger partial charge in [-0.25, -0.2) is 4.39 Å². The number of hydrogen-bond donors (Lipinski definition) is 1. The lowest BCUT2D eigenvalue weighted by Crippen LogP contribution is -2.57. The fourth-order valence-electron chi connectivity index (χ4n) is 4.19. The van der Waals surface area contributed by atoms with E-state index in [9.17, 15) is 19.1 Å². The second-order valence-electron chi connectivity index (χ2n) is 7.07. The summed E-state index contributed by atoms with van der Waals surface area (Å²) in [6, 6.07) is 4.50. The first-order chi connectivity index (χ1) is 11.6. The van der Waals surface area contributed by atoms with Crippen LogP contribution in [0.25, 0.3) is 0 Å². The Morgan fingerprint density at radius 2 is 2.00 bits per heavy atom. The molecule has 3 fully saturated rings. The van der Waals surface area contributed by atoms with Crippen LogP contribution < -0.4 is 0 Å². The Balaban J connectivity index is 1.52. The molecular formula is C18H21FN2O3. The smallest absolute Gasteiger partial charge is 0.260 e. The van der Waals surface area contributed by atoms with Crippen molar-refractivity contribution < 1.29 is 19.1 Å². The van der Waals surface area contributed by atoms with Gasteiger partial charge >= 0.3 is 0 Å². The molecule has 3 aliphatic rings. The molecule has 1 aliphatic carbocycles. The Hall–Kier alpha value is -2.11. The molecule has 4 rings (SSSR count). The van der Waals surface area contributed by atoms with Crippen LogP contribution in [0.1, 0.15) is 42.5 Å². The fourth-order valence-corrected chi connectivity index (χ4v) is 4.19.